The number of quaternary nitrogens is 3. The Labute approximate surface area is 545 Å². The molecule has 0 atom stereocenters. The zero-order valence-electron chi connectivity index (χ0n) is 54.9. The van der Waals surface area contributed by atoms with E-state index in [9.17, 15) is 14.4 Å². The number of aryl methyl sites for hydroxylation is 1. The molecule has 3 amide bonds. The average molecular weight is 1230 g/mol. The van der Waals surface area contributed by atoms with Crippen molar-refractivity contribution < 1.29 is 42.0 Å². The molecule has 3 heterocycles. The summed E-state index contributed by atoms with van der Waals surface area (Å²) in [6.45, 7) is 10.2. The molecule has 0 radical (unpaired) electrons. The average Bonchev–Trinajstić information content (AvgIpc) is 1.07. The number of nitrogens with one attached hydrogen (secondary N) is 3. The molecular formula is C80H93N6O6+3. The Bertz CT molecular complexity index is 3830. The molecule has 0 spiro atoms. The first-order chi connectivity index (χ1) is 44.4. The van der Waals surface area contributed by atoms with Gasteiger partial charge in [-0.15, -0.1) is 0 Å². The van der Waals surface area contributed by atoms with E-state index in [4.69, 9.17) is 14.2 Å². The number of carbonyl (C=O) groups excluding carboxylic acids is 3. The highest BCUT2D eigenvalue weighted by atomic mass is 16.5. The predicted octanol–water partition coefficient (Wildman–Crippen LogP) is 15.9. The summed E-state index contributed by atoms with van der Waals surface area (Å²) >= 11 is 0. The molecule has 0 unspecified atom stereocenters. The SMILES string of the molecule is C[N+](C)(Cc1ccc(NC(=O)c2ccc(-c3ccccc3)cc2)cc1)C1CCOCC1.C[N+](C)(Cc1ccc(NC(=O)c2cccc3ccccc23)cc1)C1CCOCC1.Cc1ccc(-c2cccc(C(=O)Nc3ccc(C[N+](C)(C)C4CCOCC4)cc3)c2)cc1. The lowest BCUT2D eigenvalue weighted by Crippen LogP contribution is -2.50. The van der Waals surface area contributed by atoms with Crippen LogP contribution >= 0.6 is 0 Å². The van der Waals surface area contributed by atoms with Gasteiger partial charge in [0.25, 0.3) is 17.7 Å². The third-order valence-electron chi connectivity index (χ3n) is 18.7. The van der Waals surface area contributed by atoms with Crippen LogP contribution in [0.4, 0.5) is 17.1 Å². The molecule has 12 rings (SSSR count). The first-order valence-corrected chi connectivity index (χ1v) is 32.7. The Kier molecular flexibility index (Phi) is 22.5. The van der Waals surface area contributed by atoms with Crippen LogP contribution in [0, 0.1) is 6.92 Å². The molecule has 92 heavy (non-hydrogen) atoms. The Hall–Kier alpha value is -8.59. The van der Waals surface area contributed by atoms with Gasteiger partial charge in [-0.3, -0.25) is 14.4 Å². The lowest BCUT2D eigenvalue weighted by atomic mass is 10.0. The zero-order chi connectivity index (χ0) is 64.5. The van der Waals surface area contributed by atoms with Gasteiger partial charge in [0.15, 0.2) is 0 Å². The smallest absolute Gasteiger partial charge is 0.256 e. The fourth-order valence-corrected chi connectivity index (χ4v) is 13.1. The van der Waals surface area contributed by atoms with E-state index in [1.807, 2.05) is 146 Å². The van der Waals surface area contributed by atoms with Crippen molar-refractivity contribution >= 4 is 45.6 Å². The molecule has 476 valence electrons. The van der Waals surface area contributed by atoms with Gasteiger partial charge in [0, 0.05) is 89.0 Å². The molecule has 9 aromatic carbocycles. The highest BCUT2D eigenvalue weighted by Crippen LogP contribution is 2.29. The Morgan fingerprint density at radius 2 is 0.717 bits per heavy atom. The molecule has 9 aromatic rings. The molecule has 0 aliphatic carbocycles. The monoisotopic (exact) mass is 1230 g/mol. The van der Waals surface area contributed by atoms with E-state index in [1.54, 1.807) is 0 Å². The van der Waals surface area contributed by atoms with E-state index in [0.29, 0.717) is 34.8 Å². The minimum atomic E-state index is -0.0926. The van der Waals surface area contributed by atoms with Crippen molar-refractivity contribution in [1.82, 2.24) is 0 Å². The van der Waals surface area contributed by atoms with Crippen molar-refractivity contribution in [3.8, 4) is 22.3 Å². The molecule has 3 aliphatic rings. The van der Waals surface area contributed by atoms with E-state index in [1.165, 1.54) is 22.3 Å². The summed E-state index contributed by atoms with van der Waals surface area (Å²) < 4.78 is 19.4. The fourth-order valence-electron chi connectivity index (χ4n) is 13.1. The van der Waals surface area contributed by atoms with Gasteiger partial charge in [-0.2, -0.15) is 0 Å². The van der Waals surface area contributed by atoms with Gasteiger partial charge in [-0.05, 0) is 107 Å². The first-order valence-electron chi connectivity index (χ1n) is 32.7. The summed E-state index contributed by atoms with van der Waals surface area (Å²) in [6, 6.07) is 74.5. The van der Waals surface area contributed by atoms with Gasteiger partial charge >= 0.3 is 0 Å². The first kappa shape index (κ1) is 66.3. The number of rotatable bonds is 17. The molecule has 0 aromatic heterocycles. The van der Waals surface area contributed by atoms with Crippen molar-refractivity contribution in [3.05, 3.63) is 257 Å². The minimum Gasteiger partial charge on any atom is -0.381 e. The summed E-state index contributed by atoms with van der Waals surface area (Å²) in [6.07, 6.45) is 6.69. The minimum absolute atomic E-state index is 0.0760. The van der Waals surface area contributed by atoms with Gasteiger partial charge in [-0.25, -0.2) is 0 Å². The Morgan fingerprint density at radius 3 is 1.18 bits per heavy atom. The van der Waals surface area contributed by atoms with Gasteiger partial charge in [-0.1, -0.05) is 157 Å². The van der Waals surface area contributed by atoms with Gasteiger partial charge in [0.2, 0.25) is 0 Å². The van der Waals surface area contributed by atoms with Crippen molar-refractivity contribution in [2.75, 3.05) is 97.9 Å². The van der Waals surface area contributed by atoms with Crippen molar-refractivity contribution in [1.29, 1.82) is 0 Å². The quantitative estimate of drug-likeness (QED) is 0.0783. The van der Waals surface area contributed by atoms with Gasteiger partial charge in [0.1, 0.15) is 19.6 Å². The van der Waals surface area contributed by atoms with E-state index in [0.717, 1.165) is 161 Å². The van der Waals surface area contributed by atoms with E-state index >= 15 is 0 Å². The second-order valence-corrected chi connectivity index (χ2v) is 26.7. The topological polar surface area (TPSA) is 115 Å². The highest BCUT2D eigenvalue weighted by molar-refractivity contribution is 6.13. The van der Waals surface area contributed by atoms with Crippen LogP contribution in [0.5, 0.6) is 0 Å². The van der Waals surface area contributed by atoms with Crippen LogP contribution in [0.3, 0.4) is 0 Å². The van der Waals surface area contributed by atoms with E-state index < -0.39 is 0 Å². The fraction of sp³-hybridized carbons (Fsp3) is 0.312. The Morgan fingerprint density at radius 1 is 0.359 bits per heavy atom. The number of ether oxygens (including phenoxy) is 3. The summed E-state index contributed by atoms with van der Waals surface area (Å²) in [5.41, 5.74) is 13.9. The number of hydrogen-bond acceptors (Lipinski definition) is 6. The highest BCUT2D eigenvalue weighted by Gasteiger charge is 2.33. The van der Waals surface area contributed by atoms with Gasteiger partial charge in [0.05, 0.1) is 100 Å². The third kappa shape index (κ3) is 18.3. The maximum Gasteiger partial charge on any atom is 0.256 e. The van der Waals surface area contributed by atoms with E-state index in [-0.39, 0.29) is 17.7 Å². The number of nitrogens with zero attached hydrogens (tertiary/aromatic N) is 3. The van der Waals surface area contributed by atoms with Crippen LogP contribution < -0.4 is 16.0 Å². The number of fused-ring (bicyclic) bond motifs is 1. The number of anilines is 3. The second-order valence-electron chi connectivity index (χ2n) is 26.7. The largest absolute Gasteiger partial charge is 0.381 e. The lowest BCUT2D eigenvalue weighted by Gasteiger charge is -2.40. The Balaban J connectivity index is 0.000000151. The number of hydrogen-bond donors (Lipinski definition) is 3. The number of carbonyl (C=O) groups is 3. The third-order valence-corrected chi connectivity index (χ3v) is 18.7. The maximum absolute atomic E-state index is 12.8. The lowest BCUT2D eigenvalue weighted by molar-refractivity contribution is -0.929. The molecule has 12 nitrogen and oxygen atoms in total. The van der Waals surface area contributed by atoms with Crippen molar-refractivity contribution in [3.63, 3.8) is 0 Å². The van der Waals surface area contributed by atoms with Crippen LogP contribution in [0.25, 0.3) is 33.0 Å². The molecule has 0 saturated carbocycles. The summed E-state index contributed by atoms with van der Waals surface area (Å²) in [4.78, 5) is 38.3. The maximum atomic E-state index is 12.8. The standard InChI is InChI=1S/C28H32N2O2.C27H30N2O2.C25H28N2O2/c1-21-7-11-23(12-8-21)24-5-4-6-25(19-24)28(31)29-26-13-9-22(10-14-26)20-30(2,3)27-15-17-32-18-16-27;1-29(2,26-16-18-31-19-17-26)20-21-8-14-25(15-9-21)28-27(30)24-12-10-23(11-13-24)22-6-4-3-5-7-22;1-27(2,22-14-16-29-17-15-22)18-19-10-12-21(13-11-19)26-25(28)24-9-5-7-20-6-3-4-8-23(20)24/h4-14,19,27H,15-18,20H2,1-3H3;3-15,26H,16-20H2,1-2H3;3-13,22H,14-18H2,1-2H3/p+3. The van der Waals surface area contributed by atoms with Crippen molar-refractivity contribution in [2.24, 2.45) is 0 Å². The number of benzene rings is 9. The van der Waals surface area contributed by atoms with Crippen LogP contribution in [-0.2, 0) is 33.8 Å². The molecule has 3 fully saturated rings. The van der Waals surface area contributed by atoms with Crippen molar-refractivity contribution in [2.45, 2.75) is 83.2 Å². The van der Waals surface area contributed by atoms with Crippen LogP contribution in [-0.4, -0.2) is 131 Å². The molecule has 3 saturated heterocycles. The molecule has 0 bridgehead atoms. The van der Waals surface area contributed by atoms with Crippen LogP contribution in [0.2, 0.25) is 0 Å². The van der Waals surface area contributed by atoms with Crippen LogP contribution in [0.15, 0.2) is 218 Å². The summed E-state index contributed by atoms with van der Waals surface area (Å²) in [7, 11) is 13.8. The molecular weight excluding hydrogens is 1140 g/mol. The predicted molar refractivity (Wildman–Crippen MR) is 375 cm³/mol. The number of amides is 3. The van der Waals surface area contributed by atoms with Gasteiger partial charge < -0.3 is 43.6 Å². The second kappa shape index (κ2) is 31.2. The molecule has 12 heteroatoms. The van der Waals surface area contributed by atoms with Crippen LogP contribution in [0.1, 0.15) is 91.9 Å². The molecule has 3 aliphatic heterocycles. The molecule has 3 N–H and O–H groups in total. The van der Waals surface area contributed by atoms with E-state index in [2.05, 4.69) is 138 Å². The zero-order valence-corrected chi connectivity index (χ0v) is 54.9. The summed E-state index contributed by atoms with van der Waals surface area (Å²) in [5.74, 6) is -0.261. The normalized spacial score (nSPS) is 15.0. The summed E-state index contributed by atoms with van der Waals surface area (Å²) in [5, 5.41) is 11.1.